The first-order valence-electron chi connectivity index (χ1n) is 23.1. The molecule has 0 saturated carbocycles. The van der Waals surface area contributed by atoms with Crippen LogP contribution in [0.15, 0.2) is 115 Å². The summed E-state index contributed by atoms with van der Waals surface area (Å²) in [7, 11) is 0. The lowest BCUT2D eigenvalue weighted by Gasteiger charge is -2.45. The molecule has 346 valence electrons. The Labute approximate surface area is 386 Å². The van der Waals surface area contributed by atoms with Gasteiger partial charge in [-0.05, 0) is 95.7 Å². The molecule has 4 atom stereocenters. The van der Waals surface area contributed by atoms with Crippen LogP contribution in [0.1, 0.15) is 131 Å². The topological polar surface area (TPSA) is 104 Å². The Bertz CT molecular complexity index is 2530. The van der Waals surface area contributed by atoms with Gasteiger partial charge in [0, 0.05) is 41.4 Å². The Kier molecular flexibility index (Phi) is 16.3. The predicted octanol–water partition coefficient (Wildman–Crippen LogP) is 12.6. The molecule has 10 heteroatoms. The number of Topliss-reactive ketones (excluding diaryl/α,β-unsaturated/α-hetero) is 3. The van der Waals surface area contributed by atoms with Crippen molar-refractivity contribution in [2.24, 2.45) is 17.8 Å². The van der Waals surface area contributed by atoms with Crippen molar-refractivity contribution in [3.63, 3.8) is 0 Å². The molecule has 66 heavy (non-hydrogen) atoms. The fraction of sp³-hybridized carbons (Fsp3) is 0.375. The Morgan fingerprint density at radius 3 is 2.17 bits per heavy atom. The number of aryl methyl sites for hydroxylation is 2. The molecule has 0 saturated heterocycles. The zero-order chi connectivity index (χ0) is 47.6. The maximum atomic E-state index is 14.5. The lowest BCUT2D eigenvalue weighted by Crippen LogP contribution is -2.55. The van der Waals surface area contributed by atoms with Gasteiger partial charge in [0.25, 0.3) is 0 Å². The second-order valence-electron chi connectivity index (χ2n) is 17.5. The molecular formula is C56H59F3O7. The van der Waals surface area contributed by atoms with Crippen molar-refractivity contribution in [2.75, 3.05) is 13.2 Å². The van der Waals surface area contributed by atoms with Gasteiger partial charge in [0.2, 0.25) is 0 Å². The highest BCUT2D eigenvalue weighted by Gasteiger charge is 2.56. The number of fused-ring (bicyclic) bond motifs is 1. The van der Waals surface area contributed by atoms with Crippen LogP contribution in [0.5, 0.6) is 0 Å². The molecule has 5 aromatic carbocycles. The van der Waals surface area contributed by atoms with Crippen LogP contribution < -0.4 is 0 Å². The van der Waals surface area contributed by atoms with E-state index in [2.05, 4.69) is 0 Å². The summed E-state index contributed by atoms with van der Waals surface area (Å²) in [4.78, 5) is 70.1. The van der Waals surface area contributed by atoms with E-state index < -0.39 is 40.9 Å². The van der Waals surface area contributed by atoms with E-state index >= 15 is 0 Å². The fourth-order valence-electron chi connectivity index (χ4n) is 9.75. The van der Waals surface area contributed by atoms with Crippen molar-refractivity contribution < 1.29 is 46.6 Å². The molecule has 0 amide bonds. The first-order valence-corrected chi connectivity index (χ1v) is 23.1. The monoisotopic (exact) mass is 900 g/mol. The number of hydrogen-bond donors (Lipinski definition) is 0. The molecule has 1 aliphatic carbocycles. The summed E-state index contributed by atoms with van der Waals surface area (Å²) >= 11 is 0. The van der Waals surface area contributed by atoms with E-state index in [0.717, 1.165) is 35.2 Å². The Hall–Kier alpha value is -6.16. The summed E-state index contributed by atoms with van der Waals surface area (Å²) in [5, 5.41) is 0. The van der Waals surface area contributed by atoms with Crippen molar-refractivity contribution in [1.82, 2.24) is 0 Å². The van der Waals surface area contributed by atoms with Crippen molar-refractivity contribution in [3.05, 3.63) is 165 Å². The first kappa shape index (κ1) is 49.3. The zero-order valence-electron chi connectivity index (χ0n) is 38.5. The number of alkyl halides is 3. The van der Waals surface area contributed by atoms with Crippen molar-refractivity contribution in [1.29, 1.82) is 0 Å². The van der Waals surface area contributed by atoms with Gasteiger partial charge in [-0.15, -0.1) is 0 Å². The molecule has 0 N–H and O–H groups in total. The van der Waals surface area contributed by atoms with Gasteiger partial charge in [-0.25, -0.2) is 0 Å². The van der Waals surface area contributed by atoms with Gasteiger partial charge >= 0.3 is 18.1 Å². The predicted molar refractivity (Wildman–Crippen MR) is 250 cm³/mol. The maximum absolute atomic E-state index is 14.5. The third kappa shape index (κ3) is 10.9. The summed E-state index contributed by atoms with van der Waals surface area (Å²) in [6.07, 6.45) is -0.687. The van der Waals surface area contributed by atoms with Gasteiger partial charge < -0.3 is 9.47 Å². The lowest BCUT2D eigenvalue weighted by atomic mass is 9.58. The first-order chi connectivity index (χ1) is 31.6. The Morgan fingerprint density at radius 1 is 0.773 bits per heavy atom. The molecule has 0 fully saturated rings. The molecule has 0 radical (unpaired) electrons. The Morgan fingerprint density at radius 2 is 1.48 bits per heavy atom. The zero-order valence-corrected chi connectivity index (χ0v) is 38.5. The van der Waals surface area contributed by atoms with Crippen LogP contribution in [0, 0.1) is 24.7 Å². The normalized spacial score (nSPS) is 17.4. The fourth-order valence-corrected chi connectivity index (χ4v) is 9.75. The maximum Gasteiger partial charge on any atom is 0.416 e. The molecule has 5 aromatic rings. The van der Waals surface area contributed by atoms with E-state index in [1.54, 1.807) is 48.5 Å². The summed E-state index contributed by atoms with van der Waals surface area (Å²) in [6.45, 7) is 9.30. The van der Waals surface area contributed by atoms with Crippen LogP contribution in [0.2, 0.25) is 0 Å². The van der Waals surface area contributed by atoms with E-state index in [1.165, 1.54) is 12.1 Å². The van der Waals surface area contributed by atoms with Crippen LogP contribution in [-0.4, -0.2) is 42.5 Å². The lowest BCUT2D eigenvalue weighted by molar-refractivity contribution is -0.162. The largest absolute Gasteiger partial charge is 0.465 e. The second kappa shape index (κ2) is 21.9. The van der Waals surface area contributed by atoms with E-state index in [-0.39, 0.29) is 49.3 Å². The molecule has 6 rings (SSSR count). The number of hydrogen-bond acceptors (Lipinski definition) is 7. The van der Waals surface area contributed by atoms with Crippen molar-refractivity contribution in [3.8, 4) is 11.1 Å². The van der Waals surface area contributed by atoms with E-state index in [4.69, 9.17) is 9.47 Å². The standard InChI is InChI=1S/C56H59F3O7/c1-6-16-40(7-2)53(63)46-33-39(25-26-41(46)20-15-24-49(60)45-22-14-17-36(4)51(45)42-27-29-43(30-28-42)56(57,58)59)34-50(61)66-35-55(54(64)65-32-31-38-18-10-9-11-19-38)47(8-3)37(5)52(62)44-21-12-13-23-48(44)55/h9-14,17-19,21-23,25-30,33,37,40,47H,6-8,15-16,20,24,31-32,34-35H2,1-5H3. The van der Waals surface area contributed by atoms with Gasteiger partial charge in [0.1, 0.15) is 12.0 Å². The molecule has 0 aliphatic heterocycles. The number of benzene rings is 5. The second-order valence-corrected chi connectivity index (χ2v) is 17.5. The minimum absolute atomic E-state index is 0.0420. The van der Waals surface area contributed by atoms with Gasteiger partial charge in [0.15, 0.2) is 17.3 Å². The molecule has 0 aromatic heterocycles. The minimum Gasteiger partial charge on any atom is -0.465 e. The number of esters is 2. The van der Waals surface area contributed by atoms with E-state index in [0.29, 0.717) is 77.5 Å². The summed E-state index contributed by atoms with van der Waals surface area (Å²) in [5.74, 6) is -2.76. The molecule has 0 heterocycles. The van der Waals surface area contributed by atoms with E-state index in [1.807, 2.05) is 77.1 Å². The third-order valence-electron chi connectivity index (χ3n) is 13.3. The summed E-state index contributed by atoms with van der Waals surface area (Å²) in [6, 6.07) is 32.0. The van der Waals surface area contributed by atoms with Gasteiger partial charge in [-0.3, -0.25) is 24.0 Å². The quantitative estimate of drug-likeness (QED) is 0.0566. The average molecular weight is 901 g/mol. The SMILES string of the molecule is CCCC(CC)C(=O)c1cc(CC(=O)OCC2(C(=O)OCCc3ccccc3)c3ccccc3C(=O)C(C)C2CC)ccc1CCCC(=O)c1cccc(C)c1-c1ccc(C(F)(F)F)cc1. The minimum atomic E-state index is -4.48. The number of ether oxygens (including phenoxy) is 2. The van der Waals surface area contributed by atoms with Crippen LogP contribution in [-0.2, 0) is 49.9 Å². The van der Waals surface area contributed by atoms with Crippen LogP contribution in [0.3, 0.4) is 0 Å². The molecule has 1 aliphatic rings. The molecule has 4 unspecified atom stereocenters. The van der Waals surface area contributed by atoms with Gasteiger partial charge in [0.05, 0.1) is 18.6 Å². The van der Waals surface area contributed by atoms with Crippen LogP contribution in [0.4, 0.5) is 13.2 Å². The van der Waals surface area contributed by atoms with Crippen molar-refractivity contribution in [2.45, 2.75) is 104 Å². The summed E-state index contributed by atoms with van der Waals surface area (Å²) < 4.78 is 52.0. The van der Waals surface area contributed by atoms with Gasteiger partial charge in [-0.1, -0.05) is 138 Å². The molecule has 0 bridgehead atoms. The molecular weight excluding hydrogens is 842 g/mol. The summed E-state index contributed by atoms with van der Waals surface area (Å²) in [5.41, 5.74) is 3.72. The van der Waals surface area contributed by atoms with Crippen LogP contribution in [0.25, 0.3) is 11.1 Å². The number of rotatable bonds is 20. The smallest absolute Gasteiger partial charge is 0.416 e. The van der Waals surface area contributed by atoms with Gasteiger partial charge in [-0.2, -0.15) is 13.2 Å². The number of carbonyl (C=O) groups is 5. The highest BCUT2D eigenvalue weighted by Crippen LogP contribution is 2.47. The van der Waals surface area contributed by atoms with Crippen molar-refractivity contribution >= 4 is 29.3 Å². The van der Waals surface area contributed by atoms with E-state index in [9.17, 15) is 37.1 Å². The highest BCUT2D eigenvalue weighted by atomic mass is 19.4. The average Bonchev–Trinajstić information content (AvgIpc) is 3.31. The number of halogens is 3. The van der Waals surface area contributed by atoms with Crippen LogP contribution >= 0.6 is 0 Å². The molecule has 0 spiro atoms. The number of ketones is 3. The number of carbonyl (C=O) groups excluding carboxylic acids is 5. The molecule has 7 nitrogen and oxygen atoms in total. The third-order valence-corrected chi connectivity index (χ3v) is 13.3. The Balaban J connectivity index is 1.22. The highest BCUT2D eigenvalue weighted by molar-refractivity contribution is 6.05.